The molecule has 0 aliphatic heterocycles. The lowest BCUT2D eigenvalue weighted by Crippen LogP contribution is -2.20. The van der Waals surface area contributed by atoms with E-state index in [9.17, 15) is 4.21 Å². The van der Waals surface area contributed by atoms with Crippen LogP contribution in [-0.4, -0.2) is 21.8 Å². The SMILES string of the molecule is COc1cccc(CC(C)=NS(=O)C(C)(C)C)c1. The fourth-order valence-corrected chi connectivity index (χ4v) is 2.01. The summed E-state index contributed by atoms with van der Waals surface area (Å²) in [6.45, 7) is 7.67. The fourth-order valence-electron chi connectivity index (χ4n) is 1.39. The van der Waals surface area contributed by atoms with Crippen molar-refractivity contribution >= 4 is 16.7 Å². The van der Waals surface area contributed by atoms with E-state index in [1.807, 2.05) is 52.0 Å². The zero-order valence-corrected chi connectivity index (χ0v) is 12.5. The molecule has 1 rings (SSSR count). The van der Waals surface area contributed by atoms with E-state index in [0.717, 1.165) is 17.0 Å². The normalized spacial score (nSPS) is 14.4. The average Bonchev–Trinajstić information content (AvgIpc) is 2.27. The second kappa shape index (κ2) is 6.14. The van der Waals surface area contributed by atoms with Gasteiger partial charge < -0.3 is 4.74 Å². The Morgan fingerprint density at radius 2 is 2.06 bits per heavy atom. The van der Waals surface area contributed by atoms with Crippen LogP contribution in [0.4, 0.5) is 0 Å². The highest BCUT2D eigenvalue weighted by Crippen LogP contribution is 2.15. The number of hydrogen-bond acceptors (Lipinski definition) is 2. The molecule has 0 spiro atoms. The van der Waals surface area contributed by atoms with Crippen molar-refractivity contribution in [3.8, 4) is 5.75 Å². The van der Waals surface area contributed by atoms with Gasteiger partial charge in [-0.05, 0) is 45.4 Å². The van der Waals surface area contributed by atoms with Crippen molar-refractivity contribution in [2.24, 2.45) is 4.40 Å². The molecule has 0 fully saturated rings. The first-order valence-corrected chi connectivity index (χ1v) is 7.02. The zero-order valence-electron chi connectivity index (χ0n) is 11.7. The minimum absolute atomic E-state index is 0.310. The molecule has 1 aromatic carbocycles. The molecule has 0 amide bonds. The van der Waals surface area contributed by atoms with Crippen LogP contribution in [0.1, 0.15) is 33.3 Å². The van der Waals surface area contributed by atoms with Crippen molar-refractivity contribution in [3.63, 3.8) is 0 Å². The molecule has 0 aliphatic carbocycles. The number of methoxy groups -OCH3 is 1. The molecular weight excluding hydrogens is 246 g/mol. The first-order valence-electron chi connectivity index (χ1n) is 5.92. The van der Waals surface area contributed by atoms with Crippen LogP contribution in [0.15, 0.2) is 28.7 Å². The molecule has 0 saturated carbocycles. The van der Waals surface area contributed by atoms with Crippen LogP contribution in [0.2, 0.25) is 0 Å². The monoisotopic (exact) mass is 267 g/mol. The standard InChI is InChI=1S/C14H21NO2S/c1-11(15-18(16)14(2,3)4)9-12-7-6-8-13(10-12)17-5/h6-8,10H,9H2,1-5H3. The van der Waals surface area contributed by atoms with Gasteiger partial charge in [0.25, 0.3) is 0 Å². The lowest BCUT2D eigenvalue weighted by Gasteiger charge is -2.14. The van der Waals surface area contributed by atoms with Gasteiger partial charge in [-0.1, -0.05) is 12.1 Å². The van der Waals surface area contributed by atoms with E-state index < -0.39 is 11.0 Å². The molecule has 1 unspecified atom stereocenters. The number of hydrogen-bond donors (Lipinski definition) is 0. The van der Waals surface area contributed by atoms with Crippen molar-refractivity contribution < 1.29 is 8.95 Å². The minimum atomic E-state index is -1.19. The molecule has 0 saturated heterocycles. The third kappa shape index (κ3) is 4.61. The van der Waals surface area contributed by atoms with Gasteiger partial charge in [0.05, 0.1) is 11.9 Å². The fraction of sp³-hybridized carbons (Fsp3) is 0.500. The molecule has 0 radical (unpaired) electrons. The van der Waals surface area contributed by atoms with Gasteiger partial charge in [-0.15, -0.1) is 0 Å². The van der Waals surface area contributed by atoms with E-state index in [4.69, 9.17) is 4.74 Å². The molecule has 18 heavy (non-hydrogen) atoms. The van der Waals surface area contributed by atoms with Crippen molar-refractivity contribution in [1.29, 1.82) is 0 Å². The van der Waals surface area contributed by atoms with Crippen LogP contribution >= 0.6 is 0 Å². The van der Waals surface area contributed by atoms with Gasteiger partial charge in [0.2, 0.25) is 0 Å². The molecule has 100 valence electrons. The lowest BCUT2D eigenvalue weighted by atomic mass is 10.1. The van der Waals surface area contributed by atoms with Crippen molar-refractivity contribution in [2.75, 3.05) is 7.11 Å². The first kappa shape index (κ1) is 14.9. The van der Waals surface area contributed by atoms with E-state index in [2.05, 4.69) is 4.40 Å². The molecule has 1 atom stereocenters. The van der Waals surface area contributed by atoms with E-state index in [1.54, 1.807) is 7.11 Å². The topological polar surface area (TPSA) is 38.7 Å². The Morgan fingerprint density at radius 3 is 2.61 bits per heavy atom. The highest BCUT2D eigenvalue weighted by atomic mass is 32.2. The maximum atomic E-state index is 11.9. The summed E-state index contributed by atoms with van der Waals surface area (Å²) in [5.74, 6) is 0.831. The number of nitrogens with zero attached hydrogens (tertiary/aromatic N) is 1. The van der Waals surface area contributed by atoms with Crippen LogP contribution < -0.4 is 4.74 Å². The highest BCUT2D eigenvalue weighted by molar-refractivity contribution is 7.85. The van der Waals surface area contributed by atoms with E-state index in [-0.39, 0.29) is 4.75 Å². The third-order valence-electron chi connectivity index (χ3n) is 2.36. The molecule has 0 aromatic heterocycles. The largest absolute Gasteiger partial charge is 0.497 e. The van der Waals surface area contributed by atoms with Gasteiger partial charge in [0, 0.05) is 12.1 Å². The van der Waals surface area contributed by atoms with Gasteiger partial charge in [-0.3, -0.25) is 0 Å². The Bertz CT molecular complexity index is 461. The summed E-state index contributed by atoms with van der Waals surface area (Å²) >= 11 is 0. The second-order valence-corrected chi connectivity index (χ2v) is 7.12. The van der Waals surface area contributed by atoms with Crippen molar-refractivity contribution in [3.05, 3.63) is 29.8 Å². The Kier molecular flexibility index (Phi) is 5.08. The summed E-state index contributed by atoms with van der Waals surface area (Å²) in [6, 6.07) is 7.84. The third-order valence-corrected chi connectivity index (χ3v) is 3.88. The molecule has 0 aliphatic rings. The van der Waals surface area contributed by atoms with Crippen LogP contribution in [0.25, 0.3) is 0 Å². The van der Waals surface area contributed by atoms with E-state index in [0.29, 0.717) is 6.42 Å². The van der Waals surface area contributed by atoms with Gasteiger partial charge >= 0.3 is 0 Å². The molecular formula is C14H21NO2S. The van der Waals surface area contributed by atoms with E-state index in [1.165, 1.54) is 0 Å². The van der Waals surface area contributed by atoms with Crippen LogP contribution in [0, 0.1) is 0 Å². The molecule has 0 N–H and O–H groups in total. The number of rotatable bonds is 4. The molecule has 1 aromatic rings. The van der Waals surface area contributed by atoms with Gasteiger partial charge in [0.1, 0.15) is 16.7 Å². The highest BCUT2D eigenvalue weighted by Gasteiger charge is 2.18. The van der Waals surface area contributed by atoms with E-state index >= 15 is 0 Å². The summed E-state index contributed by atoms with van der Waals surface area (Å²) in [7, 11) is 0.456. The Balaban J connectivity index is 2.78. The second-order valence-electron chi connectivity index (χ2n) is 5.22. The Hall–Kier alpha value is -1.16. The van der Waals surface area contributed by atoms with Gasteiger partial charge in [0.15, 0.2) is 0 Å². The maximum Gasteiger partial charge on any atom is 0.144 e. The first-order chi connectivity index (χ1) is 8.32. The molecule has 0 heterocycles. The molecule has 0 bridgehead atoms. The van der Waals surface area contributed by atoms with Gasteiger partial charge in [-0.25, -0.2) is 4.21 Å². The van der Waals surface area contributed by atoms with Crippen LogP contribution in [0.5, 0.6) is 5.75 Å². The maximum absolute atomic E-state index is 11.9. The van der Waals surface area contributed by atoms with Crippen LogP contribution in [-0.2, 0) is 17.4 Å². The summed E-state index contributed by atoms with van der Waals surface area (Å²) in [6.07, 6.45) is 0.693. The Labute approximate surface area is 112 Å². The number of ether oxygens (including phenoxy) is 1. The smallest absolute Gasteiger partial charge is 0.144 e. The summed E-state index contributed by atoms with van der Waals surface area (Å²) in [5, 5.41) is 0. The summed E-state index contributed by atoms with van der Waals surface area (Å²) in [4.78, 5) is 0. The lowest BCUT2D eigenvalue weighted by molar-refractivity contribution is 0.414. The van der Waals surface area contributed by atoms with Gasteiger partial charge in [-0.2, -0.15) is 4.40 Å². The summed E-state index contributed by atoms with van der Waals surface area (Å²) < 4.78 is 21.0. The zero-order chi connectivity index (χ0) is 13.8. The average molecular weight is 267 g/mol. The van der Waals surface area contributed by atoms with Crippen molar-refractivity contribution in [2.45, 2.75) is 38.9 Å². The van der Waals surface area contributed by atoms with Crippen molar-refractivity contribution in [1.82, 2.24) is 0 Å². The predicted octanol–water partition coefficient (Wildman–Crippen LogP) is 3.16. The predicted molar refractivity (Wildman–Crippen MR) is 77.7 cm³/mol. The number of benzene rings is 1. The molecule has 3 nitrogen and oxygen atoms in total. The summed E-state index contributed by atoms with van der Waals surface area (Å²) in [5.41, 5.74) is 1.98. The van der Waals surface area contributed by atoms with Crippen LogP contribution in [0.3, 0.4) is 0 Å². The minimum Gasteiger partial charge on any atom is -0.497 e. The quantitative estimate of drug-likeness (QED) is 0.786. The Morgan fingerprint density at radius 1 is 1.39 bits per heavy atom. The molecule has 4 heteroatoms.